The largest absolute Gasteiger partial charge is 0.477 e. The third-order valence-electron chi connectivity index (χ3n) is 16.5. The van der Waals surface area contributed by atoms with Crippen molar-refractivity contribution in [1.82, 2.24) is 0 Å². The summed E-state index contributed by atoms with van der Waals surface area (Å²) in [6.45, 7) is 4.93. The van der Waals surface area contributed by atoms with Gasteiger partial charge in [-0.2, -0.15) is 0 Å². The Balaban J connectivity index is 3.87. The van der Waals surface area contributed by atoms with Crippen molar-refractivity contribution in [1.29, 1.82) is 0 Å². The molecule has 9 heteroatoms. The van der Waals surface area contributed by atoms with Gasteiger partial charge in [-0.05, 0) is 38.5 Å². The minimum atomic E-state index is -1.51. The SMILES string of the molecule is CCCCCCCCC/C=C\CCCCCCCC(=O)OC(COC(=O)CCCCCCCCCCCCCCCCCCCCCCCCCCCCCCCCCCCCCCCCCC)COC(OCC[N+](C)(C)C)C(=O)O. The van der Waals surface area contributed by atoms with Gasteiger partial charge in [0.15, 0.2) is 6.10 Å². The smallest absolute Gasteiger partial charge is 0.361 e. The average Bonchev–Trinajstić information content (AvgIpc) is 3.44. The highest BCUT2D eigenvalue weighted by Gasteiger charge is 2.25. The number of carbonyl (C=O) groups is 3. The molecule has 0 fully saturated rings. The second-order valence-electron chi connectivity index (χ2n) is 25.9. The van der Waals surface area contributed by atoms with Gasteiger partial charge in [-0.15, -0.1) is 0 Å². The van der Waals surface area contributed by atoms with Gasteiger partial charge in [-0.1, -0.05) is 334 Å². The molecule has 0 aromatic heterocycles. The zero-order valence-corrected chi connectivity index (χ0v) is 55.0. The molecule has 0 saturated carbocycles. The van der Waals surface area contributed by atoms with Gasteiger partial charge in [-0.3, -0.25) is 9.59 Å². The first-order valence-corrected chi connectivity index (χ1v) is 35.9. The number of unbranched alkanes of at least 4 members (excludes halogenated alkanes) is 51. The summed E-state index contributed by atoms with van der Waals surface area (Å²) in [5.41, 5.74) is 0. The summed E-state index contributed by atoms with van der Waals surface area (Å²) in [6.07, 6.45) is 75.1. The molecular formula is C72H140NO8+. The number of likely N-dealkylation sites (N-methyl/N-ethyl adjacent to an activating group) is 1. The quantitative estimate of drug-likeness (QED) is 0.0211. The third kappa shape index (κ3) is 65.4. The molecule has 0 amide bonds. The number of hydrogen-bond acceptors (Lipinski definition) is 7. The van der Waals surface area contributed by atoms with Crippen molar-refractivity contribution < 1.29 is 42.9 Å². The number of hydrogen-bond donors (Lipinski definition) is 1. The molecule has 9 nitrogen and oxygen atoms in total. The number of allylic oxidation sites excluding steroid dienone is 2. The topological polar surface area (TPSA) is 108 Å². The van der Waals surface area contributed by atoms with Crippen LogP contribution in [0.15, 0.2) is 12.2 Å². The minimum absolute atomic E-state index is 0.179. The summed E-state index contributed by atoms with van der Waals surface area (Å²) in [5.74, 6) is -1.99. The number of carboxylic acid groups (broad SMARTS) is 1. The van der Waals surface area contributed by atoms with Crippen LogP contribution in [0, 0.1) is 0 Å². The fraction of sp³-hybridized carbons (Fsp3) is 0.931. The summed E-state index contributed by atoms with van der Waals surface area (Å²) < 4.78 is 22.9. The summed E-state index contributed by atoms with van der Waals surface area (Å²) in [6, 6.07) is 0. The number of carbonyl (C=O) groups excluding carboxylic acids is 2. The van der Waals surface area contributed by atoms with Crippen LogP contribution in [0.3, 0.4) is 0 Å². The van der Waals surface area contributed by atoms with Crippen LogP contribution in [0.4, 0.5) is 0 Å². The van der Waals surface area contributed by atoms with E-state index < -0.39 is 24.3 Å². The Morgan fingerprint density at radius 2 is 0.630 bits per heavy atom. The van der Waals surface area contributed by atoms with E-state index in [9.17, 15) is 19.5 Å². The number of nitrogens with zero attached hydrogens (tertiary/aromatic N) is 1. The molecule has 0 rings (SSSR count). The van der Waals surface area contributed by atoms with E-state index >= 15 is 0 Å². The van der Waals surface area contributed by atoms with Crippen LogP contribution in [0.25, 0.3) is 0 Å². The highest BCUT2D eigenvalue weighted by Crippen LogP contribution is 2.19. The molecule has 1 N–H and O–H groups in total. The van der Waals surface area contributed by atoms with Crippen molar-refractivity contribution in [3.05, 3.63) is 12.2 Å². The monoisotopic (exact) mass is 1150 g/mol. The van der Waals surface area contributed by atoms with Crippen molar-refractivity contribution in [2.45, 2.75) is 386 Å². The molecule has 2 atom stereocenters. The molecule has 480 valence electrons. The second kappa shape index (κ2) is 64.0. The Morgan fingerprint density at radius 3 is 0.914 bits per heavy atom. The van der Waals surface area contributed by atoms with Crippen molar-refractivity contribution in [3.63, 3.8) is 0 Å². The highest BCUT2D eigenvalue weighted by molar-refractivity contribution is 5.71. The van der Waals surface area contributed by atoms with Crippen LogP contribution in [0.2, 0.25) is 0 Å². The molecule has 0 bridgehead atoms. The molecular weight excluding hydrogens is 1010 g/mol. The van der Waals surface area contributed by atoms with Crippen LogP contribution in [0.5, 0.6) is 0 Å². The first-order valence-electron chi connectivity index (χ1n) is 35.9. The number of carboxylic acids is 1. The fourth-order valence-corrected chi connectivity index (χ4v) is 11.0. The van der Waals surface area contributed by atoms with Gasteiger partial charge in [-0.25, -0.2) is 4.79 Å². The number of ether oxygens (including phenoxy) is 4. The van der Waals surface area contributed by atoms with E-state index in [1.807, 2.05) is 21.1 Å². The standard InChI is InChI=1S/C72H139NO8/c1-6-8-10-12-14-16-18-20-22-24-25-26-27-28-29-30-31-32-33-34-35-36-37-38-39-40-41-42-43-44-45-46-47-49-50-52-54-56-58-60-62-69(74)79-66-68(67-80-72(71(76)77)78-65-64-73(3,4)5)81-70(75)63-61-59-57-55-53-51-48-23-21-19-17-15-13-11-9-7-2/h23,48,68,72H,6-22,24-47,49-67H2,1-5H3/p+1/b48-23-. The predicted octanol–water partition coefficient (Wildman–Crippen LogP) is 22.0. The van der Waals surface area contributed by atoms with E-state index in [0.717, 1.165) is 51.4 Å². The highest BCUT2D eigenvalue weighted by atomic mass is 16.7. The fourth-order valence-electron chi connectivity index (χ4n) is 11.0. The maximum absolute atomic E-state index is 12.9. The Morgan fingerprint density at radius 1 is 0.358 bits per heavy atom. The van der Waals surface area contributed by atoms with Crippen molar-refractivity contribution in [2.24, 2.45) is 0 Å². The van der Waals surface area contributed by atoms with Crippen LogP contribution in [0.1, 0.15) is 373 Å². The van der Waals surface area contributed by atoms with Gasteiger partial charge >= 0.3 is 17.9 Å². The zero-order chi connectivity index (χ0) is 59.1. The Labute approximate surface area is 504 Å². The van der Waals surface area contributed by atoms with Gasteiger partial charge < -0.3 is 28.5 Å². The molecule has 0 aromatic rings. The molecule has 0 saturated heterocycles. The summed E-state index contributed by atoms with van der Waals surface area (Å²) >= 11 is 0. The Bertz CT molecular complexity index is 1330. The van der Waals surface area contributed by atoms with E-state index in [-0.39, 0.29) is 32.2 Å². The van der Waals surface area contributed by atoms with Gasteiger partial charge in [0.05, 0.1) is 34.4 Å². The summed E-state index contributed by atoms with van der Waals surface area (Å²) in [7, 11) is 5.98. The first kappa shape index (κ1) is 79.0. The second-order valence-corrected chi connectivity index (χ2v) is 25.9. The Kier molecular flexibility index (Phi) is 62.5. The lowest BCUT2D eigenvalue weighted by atomic mass is 10.0. The van der Waals surface area contributed by atoms with Gasteiger partial charge in [0, 0.05) is 12.8 Å². The first-order chi connectivity index (χ1) is 39.6. The van der Waals surface area contributed by atoms with Gasteiger partial charge in [0.25, 0.3) is 6.29 Å². The van der Waals surface area contributed by atoms with Crippen LogP contribution in [-0.2, 0) is 33.3 Å². The molecule has 0 aromatic carbocycles. The van der Waals surface area contributed by atoms with Crippen molar-refractivity contribution in [3.8, 4) is 0 Å². The number of rotatable bonds is 68. The normalized spacial score (nSPS) is 12.7. The number of aliphatic carboxylic acids is 1. The van der Waals surface area contributed by atoms with Gasteiger partial charge in [0.1, 0.15) is 13.2 Å². The molecule has 0 aliphatic rings. The molecule has 0 radical (unpaired) electrons. The predicted molar refractivity (Wildman–Crippen MR) is 346 cm³/mol. The molecule has 81 heavy (non-hydrogen) atoms. The number of quaternary nitrogens is 1. The minimum Gasteiger partial charge on any atom is -0.477 e. The van der Waals surface area contributed by atoms with E-state index in [2.05, 4.69) is 26.0 Å². The van der Waals surface area contributed by atoms with E-state index in [1.54, 1.807) is 0 Å². The van der Waals surface area contributed by atoms with Crippen LogP contribution in [-0.4, -0.2) is 87.4 Å². The molecule has 0 heterocycles. The molecule has 0 aliphatic carbocycles. The lowest BCUT2D eigenvalue weighted by molar-refractivity contribution is -0.870. The van der Waals surface area contributed by atoms with E-state index in [1.165, 1.54) is 289 Å². The maximum atomic E-state index is 12.9. The maximum Gasteiger partial charge on any atom is 0.361 e. The van der Waals surface area contributed by atoms with Crippen LogP contribution < -0.4 is 0 Å². The molecule has 2 unspecified atom stereocenters. The average molecular weight is 1150 g/mol. The lowest BCUT2D eigenvalue weighted by Crippen LogP contribution is -2.40. The summed E-state index contributed by atoms with van der Waals surface area (Å²) in [4.78, 5) is 37.5. The molecule has 0 spiro atoms. The Hall–Kier alpha value is -1.97. The molecule has 0 aliphatic heterocycles. The van der Waals surface area contributed by atoms with Crippen LogP contribution >= 0.6 is 0 Å². The van der Waals surface area contributed by atoms with E-state index in [4.69, 9.17) is 18.9 Å². The zero-order valence-electron chi connectivity index (χ0n) is 55.0. The third-order valence-corrected chi connectivity index (χ3v) is 16.5. The lowest BCUT2D eigenvalue weighted by Gasteiger charge is -2.25. The summed E-state index contributed by atoms with van der Waals surface area (Å²) in [5, 5.41) is 9.72. The number of esters is 2. The van der Waals surface area contributed by atoms with E-state index in [0.29, 0.717) is 23.9 Å². The van der Waals surface area contributed by atoms with Crippen molar-refractivity contribution >= 4 is 17.9 Å². The van der Waals surface area contributed by atoms with Gasteiger partial charge in [0.2, 0.25) is 0 Å². The van der Waals surface area contributed by atoms with Crippen molar-refractivity contribution in [2.75, 3.05) is 47.5 Å².